The van der Waals surface area contributed by atoms with Crippen LogP contribution in [-0.4, -0.2) is 23.6 Å². The van der Waals surface area contributed by atoms with Crippen molar-refractivity contribution >= 4 is 5.82 Å². The highest BCUT2D eigenvalue weighted by Gasteiger charge is 2.08. The average molecular weight is 256 g/mol. The fourth-order valence-electron chi connectivity index (χ4n) is 1.61. The lowest BCUT2D eigenvalue weighted by Crippen LogP contribution is -2.17. The maximum atomic E-state index is 13.6. The van der Waals surface area contributed by atoms with Crippen molar-refractivity contribution in [3.05, 3.63) is 42.0 Å². The summed E-state index contributed by atoms with van der Waals surface area (Å²) in [6.07, 6.45) is 3.24. The molecule has 0 saturated heterocycles. The summed E-state index contributed by atoms with van der Waals surface area (Å²) in [4.78, 5) is 10.5. The summed E-state index contributed by atoms with van der Waals surface area (Å²) < 4.78 is 13.6. The van der Waals surface area contributed by atoms with E-state index in [4.69, 9.17) is 5.26 Å². The third-order valence-electron chi connectivity index (χ3n) is 2.87. The molecule has 0 N–H and O–H groups in total. The standard InChI is InChI=1S/C14H13FN4/c1-3-19(2)14-9-17-8-13(18-14)10-4-5-11(7-16)12(15)6-10/h4-6,8-9H,3H2,1-2H3. The minimum absolute atomic E-state index is 0.0264. The van der Waals surface area contributed by atoms with Gasteiger partial charge >= 0.3 is 0 Å². The van der Waals surface area contributed by atoms with E-state index in [-0.39, 0.29) is 5.56 Å². The second kappa shape index (κ2) is 5.44. The second-order valence-electron chi connectivity index (χ2n) is 4.08. The molecule has 0 amide bonds. The molecule has 2 aromatic rings. The van der Waals surface area contributed by atoms with Crippen LogP contribution in [0.1, 0.15) is 12.5 Å². The molecule has 96 valence electrons. The number of halogens is 1. The lowest BCUT2D eigenvalue weighted by Gasteiger charge is -2.15. The molecular formula is C14H13FN4. The van der Waals surface area contributed by atoms with Crippen LogP contribution in [0.15, 0.2) is 30.6 Å². The molecule has 0 radical (unpaired) electrons. The smallest absolute Gasteiger partial charge is 0.147 e. The Morgan fingerprint density at radius 1 is 1.37 bits per heavy atom. The van der Waals surface area contributed by atoms with Gasteiger partial charge in [0.25, 0.3) is 0 Å². The van der Waals surface area contributed by atoms with Crippen molar-refractivity contribution in [2.24, 2.45) is 0 Å². The molecule has 0 aliphatic heterocycles. The monoisotopic (exact) mass is 256 g/mol. The summed E-state index contributed by atoms with van der Waals surface area (Å²) in [7, 11) is 1.91. The average Bonchev–Trinajstić information content (AvgIpc) is 2.46. The number of rotatable bonds is 3. The van der Waals surface area contributed by atoms with Gasteiger partial charge in [0.1, 0.15) is 17.7 Å². The third-order valence-corrected chi connectivity index (χ3v) is 2.87. The first kappa shape index (κ1) is 13.0. The Morgan fingerprint density at radius 3 is 2.79 bits per heavy atom. The zero-order valence-corrected chi connectivity index (χ0v) is 10.8. The molecule has 1 aromatic carbocycles. The lowest BCUT2D eigenvalue weighted by atomic mass is 10.1. The summed E-state index contributed by atoms with van der Waals surface area (Å²) in [5.41, 5.74) is 1.22. The van der Waals surface area contributed by atoms with Gasteiger partial charge < -0.3 is 4.90 Å². The molecule has 0 atom stereocenters. The molecule has 0 aliphatic carbocycles. The zero-order chi connectivity index (χ0) is 13.8. The van der Waals surface area contributed by atoms with Gasteiger partial charge in [-0.1, -0.05) is 6.07 Å². The van der Waals surface area contributed by atoms with E-state index in [1.165, 1.54) is 12.1 Å². The molecule has 19 heavy (non-hydrogen) atoms. The molecule has 5 heteroatoms. The summed E-state index contributed by atoms with van der Waals surface area (Å²) in [6.45, 7) is 2.82. The van der Waals surface area contributed by atoms with Crippen LogP contribution in [0.3, 0.4) is 0 Å². The van der Waals surface area contributed by atoms with Crippen LogP contribution >= 0.6 is 0 Å². The van der Waals surface area contributed by atoms with E-state index in [1.807, 2.05) is 18.9 Å². The van der Waals surface area contributed by atoms with Crippen molar-refractivity contribution in [1.82, 2.24) is 9.97 Å². The van der Waals surface area contributed by atoms with Crippen molar-refractivity contribution in [1.29, 1.82) is 5.26 Å². The van der Waals surface area contributed by atoms with Gasteiger partial charge in [-0.15, -0.1) is 0 Å². The summed E-state index contributed by atoms with van der Waals surface area (Å²) in [6, 6.07) is 6.21. The van der Waals surface area contributed by atoms with E-state index < -0.39 is 5.82 Å². The van der Waals surface area contributed by atoms with E-state index >= 15 is 0 Å². The number of aromatic nitrogens is 2. The van der Waals surface area contributed by atoms with Gasteiger partial charge in [-0.05, 0) is 19.1 Å². The van der Waals surface area contributed by atoms with Crippen molar-refractivity contribution in [3.8, 4) is 17.3 Å². The maximum absolute atomic E-state index is 13.6. The largest absolute Gasteiger partial charge is 0.359 e. The van der Waals surface area contributed by atoms with Gasteiger partial charge in [-0.2, -0.15) is 5.26 Å². The number of benzene rings is 1. The van der Waals surface area contributed by atoms with E-state index in [1.54, 1.807) is 24.5 Å². The Bertz CT molecular complexity index is 634. The fraction of sp³-hybridized carbons (Fsp3) is 0.214. The Labute approximate surface area is 111 Å². The molecule has 0 spiro atoms. The first-order valence-corrected chi connectivity index (χ1v) is 5.89. The van der Waals surface area contributed by atoms with Crippen LogP contribution in [-0.2, 0) is 0 Å². The highest BCUT2D eigenvalue weighted by molar-refractivity contribution is 5.61. The van der Waals surface area contributed by atoms with E-state index in [9.17, 15) is 4.39 Å². The molecule has 2 rings (SSSR count). The first-order chi connectivity index (χ1) is 9.15. The number of anilines is 1. The van der Waals surface area contributed by atoms with Crippen LogP contribution in [0.4, 0.5) is 10.2 Å². The van der Waals surface area contributed by atoms with E-state index in [2.05, 4.69) is 9.97 Å². The molecule has 0 fully saturated rings. The van der Waals surface area contributed by atoms with Crippen molar-refractivity contribution in [2.45, 2.75) is 6.92 Å². The van der Waals surface area contributed by atoms with Crippen molar-refractivity contribution in [2.75, 3.05) is 18.5 Å². The molecule has 4 nitrogen and oxygen atoms in total. The van der Waals surface area contributed by atoms with Gasteiger partial charge in [0.05, 0.1) is 23.7 Å². The van der Waals surface area contributed by atoms with Crippen molar-refractivity contribution < 1.29 is 4.39 Å². The fourth-order valence-corrected chi connectivity index (χ4v) is 1.61. The molecule has 0 unspecified atom stereocenters. The molecule has 1 aromatic heterocycles. The summed E-state index contributed by atoms with van der Waals surface area (Å²) in [5, 5.41) is 8.70. The highest BCUT2D eigenvalue weighted by atomic mass is 19.1. The van der Waals surface area contributed by atoms with Gasteiger partial charge in [0.2, 0.25) is 0 Å². The predicted octanol–water partition coefficient (Wildman–Crippen LogP) is 2.61. The second-order valence-corrected chi connectivity index (χ2v) is 4.08. The Balaban J connectivity index is 2.42. The predicted molar refractivity (Wildman–Crippen MR) is 71.1 cm³/mol. The van der Waals surface area contributed by atoms with E-state index in [0.29, 0.717) is 11.3 Å². The summed E-state index contributed by atoms with van der Waals surface area (Å²) >= 11 is 0. The van der Waals surface area contributed by atoms with Crippen molar-refractivity contribution in [3.63, 3.8) is 0 Å². The number of hydrogen-bond acceptors (Lipinski definition) is 4. The summed E-state index contributed by atoms with van der Waals surface area (Å²) in [5.74, 6) is 0.181. The number of nitriles is 1. The third kappa shape index (κ3) is 2.68. The van der Waals surface area contributed by atoms with Gasteiger partial charge in [-0.3, -0.25) is 4.98 Å². The Morgan fingerprint density at radius 2 is 2.16 bits per heavy atom. The number of hydrogen-bond donors (Lipinski definition) is 0. The molecule has 0 bridgehead atoms. The molecule has 0 aliphatic rings. The van der Waals surface area contributed by atoms with Gasteiger partial charge in [0.15, 0.2) is 0 Å². The Kier molecular flexibility index (Phi) is 3.71. The normalized spacial score (nSPS) is 10.0. The lowest BCUT2D eigenvalue weighted by molar-refractivity contribution is 0.624. The molecule has 0 saturated carbocycles. The van der Waals surface area contributed by atoms with Crippen LogP contribution in [0, 0.1) is 17.1 Å². The molecule has 1 heterocycles. The minimum Gasteiger partial charge on any atom is -0.359 e. The SMILES string of the molecule is CCN(C)c1cncc(-c2ccc(C#N)c(F)c2)n1. The quantitative estimate of drug-likeness (QED) is 0.847. The van der Waals surface area contributed by atoms with Crippen LogP contribution in [0.5, 0.6) is 0 Å². The van der Waals surface area contributed by atoms with Gasteiger partial charge in [0, 0.05) is 19.2 Å². The zero-order valence-electron chi connectivity index (χ0n) is 10.8. The van der Waals surface area contributed by atoms with E-state index in [0.717, 1.165) is 12.4 Å². The Hall–Kier alpha value is -2.48. The topological polar surface area (TPSA) is 52.8 Å². The maximum Gasteiger partial charge on any atom is 0.147 e. The first-order valence-electron chi connectivity index (χ1n) is 5.89. The molecular weight excluding hydrogens is 243 g/mol. The van der Waals surface area contributed by atoms with Crippen LogP contribution < -0.4 is 4.90 Å². The minimum atomic E-state index is -0.545. The van der Waals surface area contributed by atoms with Crippen LogP contribution in [0.2, 0.25) is 0 Å². The number of nitrogens with zero attached hydrogens (tertiary/aromatic N) is 4. The van der Waals surface area contributed by atoms with Gasteiger partial charge in [-0.25, -0.2) is 9.37 Å². The van der Waals surface area contributed by atoms with Crippen LogP contribution in [0.25, 0.3) is 11.3 Å². The highest BCUT2D eigenvalue weighted by Crippen LogP contribution is 2.21.